The maximum Gasteiger partial charge on any atom is 0.169 e. The molecule has 0 atom stereocenters. The van der Waals surface area contributed by atoms with Crippen LogP contribution < -0.4 is 5.32 Å². The molecular weight excluding hydrogens is 218 g/mol. The van der Waals surface area contributed by atoms with Crippen molar-refractivity contribution in [2.75, 3.05) is 6.54 Å². The van der Waals surface area contributed by atoms with Crippen molar-refractivity contribution in [1.82, 2.24) is 15.2 Å². The van der Waals surface area contributed by atoms with Crippen LogP contribution in [-0.4, -0.2) is 27.6 Å². The Bertz CT molecular complexity index is 324. The molecule has 0 bridgehead atoms. The van der Waals surface area contributed by atoms with Gasteiger partial charge in [-0.25, -0.2) is 0 Å². The van der Waals surface area contributed by atoms with E-state index < -0.39 is 0 Å². The molecule has 0 aromatic carbocycles. The van der Waals surface area contributed by atoms with Crippen LogP contribution in [0.25, 0.3) is 0 Å². The van der Waals surface area contributed by atoms with Crippen molar-refractivity contribution in [3.05, 3.63) is 30.1 Å². The summed E-state index contributed by atoms with van der Waals surface area (Å²) in [5, 5.41) is 4.04. The van der Waals surface area contributed by atoms with Crippen molar-refractivity contribution in [2.45, 2.75) is 33.4 Å². The third kappa shape index (κ3) is 4.14. The zero-order valence-corrected chi connectivity index (χ0v) is 10.9. The standard InChI is InChI=1S/C12H19N3S/c1-4-15(12(16)14-10(2)3)9-11-7-5-6-8-13-11/h5-8,10H,4,9H2,1-3H3,(H,14,16). The van der Waals surface area contributed by atoms with E-state index >= 15 is 0 Å². The van der Waals surface area contributed by atoms with E-state index in [1.165, 1.54) is 0 Å². The van der Waals surface area contributed by atoms with Gasteiger partial charge in [-0.05, 0) is 45.1 Å². The van der Waals surface area contributed by atoms with E-state index in [0.29, 0.717) is 6.04 Å². The highest BCUT2D eigenvalue weighted by atomic mass is 32.1. The molecule has 1 heterocycles. The Morgan fingerprint density at radius 2 is 2.25 bits per heavy atom. The minimum Gasteiger partial charge on any atom is -0.360 e. The third-order valence-electron chi connectivity index (χ3n) is 2.16. The van der Waals surface area contributed by atoms with Gasteiger partial charge in [-0.3, -0.25) is 4.98 Å². The lowest BCUT2D eigenvalue weighted by atomic mass is 10.3. The second-order valence-corrected chi connectivity index (χ2v) is 4.33. The molecule has 0 unspecified atom stereocenters. The molecule has 0 radical (unpaired) electrons. The van der Waals surface area contributed by atoms with Gasteiger partial charge in [-0.15, -0.1) is 0 Å². The number of nitrogens with one attached hydrogen (secondary N) is 1. The molecule has 0 saturated carbocycles. The van der Waals surface area contributed by atoms with Crippen LogP contribution in [0.4, 0.5) is 0 Å². The Balaban J connectivity index is 2.58. The van der Waals surface area contributed by atoms with Gasteiger partial charge in [-0.2, -0.15) is 0 Å². The number of hydrogen-bond donors (Lipinski definition) is 1. The van der Waals surface area contributed by atoms with Crippen molar-refractivity contribution < 1.29 is 0 Å². The van der Waals surface area contributed by atoms with Crippen LogP contribution in [0.15, 0.2) is 24.4 Å². The molecule has 0 fully saturated rings. The second kappa shape index (κ2) is 6.43. The number of hydrogen-bond acceptors (Lipinski definition) is 2. The molecule has 0 spiro atoms. The summed E-state index contributed by atoms with van der Waals surface area (Å²) >= 11 is 5.34. The van der Waals surface area contributed by atoms with Crippen LogP contribution in [0.1, 0.15) is 26.5 Å². The molecule has 88 valence electrons. The maximum absolute atomic E-state index is 5.34. The smallest absolute Gasteiger partial charge is 0.169 e. The Kier molecular flexibility index (Phi) is 5.19. The molecule has 1 aromatic rings. The number of rotatable bonds is 4. The highest BCUT2D eigenvalue weighted by Gasteiger charge is 2.09. The average molecular weight is 237 g/mol. The Morgan fingerprint density at radius 3 is 2.75 bits per heavy atom. The fourth-order valence-corrected chi connectivity index (χ4v) is 1.78. The minimum absolute atomic E-state index is 0.366. The molecule has 1 aromatic heterocycles. The largest absolute Gasteiger partial charge is 0.360 e. The number of pyridine rings is 1. The summed E-state index contributed by atoms with van der Waals surface area (Å²) in [5.41, 5.74) is 1.04. The van der Waals surface area contributed by atoms with Crippen LogP contribution in [0.2, 0.25) is 0 Å². The van der Waals surface area contributed by atoms with Gasteiger partial charge in [0.25, 0.3) is 0 Å². The second-order valence-electron chi connectivity index (χ2n) is 3.94. The van der Waals surface area contributed by atoms with E-state index in [0.717, 1.165) is 23.9 Å². The molecular formula is C12H19N3S. The number of nitrogens with zero attached hydrogens (tertiary/aromatic N) is 2. The zero-order valence-electron chi connectivity index (χ0n) is 10.1. The quantitative estimate of drug-likeness (QED) is 0.813. The summed E-state index contributed by atoms with van der Waals surface area (Å²) in [6.07, 6.45) is 1.81. The summed E-state index contributed by atoms with van der Waals surface area (Å²) in [7, 11) is 0. The van der Waals surface area contributed by atoms with Gasteiger partial charge in [0, 0.05) is 18.8 Å². The fourth-order valence-electron chi connectivity index (χ4n) is 1.35. The predicted octanol–water partition coefficient (Wildman–Crippen LogP) is 2.19. The first kappa shape index (κ1) is 12.9. The lowest BCUT2D eigenvalue weighted by molar-refractivity contribution is 0.416. The highest BCUT2D eigenvalue weighted by molar-refractivity contribution is 7.80. The van der Waals surface area contributed by atoms with Gasteiger partial charge in [0.1, 0.15) is 0 Å². The molecule has 1 rings (SSSR count). The van der Waals surface area contributed by atoms with Crippen LogP contribution in [-0.2, 0) is 6.54 Å². The van der Waals surface area contributed by atoms with Crippen LogP contribution in [0.3, 0.4) is 0 Å². The summed E-state index contributed by atoms with van der Waals surface area (Å²) in [4.78, 5) is 6.41. The van der Waals surface area contributed by atoms with Crippen LogP contribution >= 0.6 is 12.2 Å². The average Bonchev–Trinajstić information content (AvgIpc) is 2.26. The molecule has 1 N–H and O–H groups in total. The summed E-state index contributed by atoms with van der Waals surface area (Å²) in [5.74, 6) is 0. The first-order valence-electron chi connectivity index (χ1n) is 5.58. The van der Waals surface area contributed by atoms with E-state index in [1.807, 2.05) is 24.4 Å². The van der Waals surface area contributed by atoms with Crippen LogP contribution in [0, 0.1) is 0 Å². The van der Waals surface area contributed by atoms with Gasteiger partial charge in [0.15, 0.2) is 5.11 Å². The summed E-state index contributed by atoms with van der Waals surface area (Å²) < 4.78 is 0. The molecule has 0 saturated heterocycles. The summed E-state index contributed by atoms with van der Waals surface area (Å²) in [6.45, 7) is 7.91. The summed E-state index contributed by atoms with van der Waals surface area (Å²) in [6, 6.07) is 6.30. The predicted molar refractivity (Wildman–Crippen MR) is 71.2 cm³/mol. The molecule has 16 heavy (non-hydrogen) atoms. The van der Waals surface area contributed by atoms with Crippen molar-refractivity contribution in [1.29, 1.82) is 0 Å². The van der Waals surface area contributed by atoms with Crippen LogP contribution in [0.5, 0.6) is 0 Å². The van der Waals surface area contributed by atoms with Crippen molar-refractivity contribution in [3.63, 3.8) is 0 Å². The number of thiocarbonyl (C=S) groups is 1. The van der Waals surface area contributed by atoms with E-state index in [4.69, 9.17) is 12.2 Å². The van der Waals surface area contributed by atoms with Gasteiger partial charge >= 0.3 is 0 Å². The molecule has 4 heteroatoms. The van der Waals surface area contributed by atoms with E-state index in [9.17, 15) is 0 Å². The molecule has 0 aliphatic rings. The minimum atomic E-state index is 0.366. The van der Waals surface area contributed by atoms with Crippen molar-refractivity contribution in [2.24, 2.45) is 0 Å². The Hall–Kier alpha value is -1.16. The monoisotopic (exact) mass is 237 g/mol. The van der Waals surface area contributed by atoms with Crippen molar-refractivity contribution in [3.8, 4) is 0 Å². The van der Waals surface area contributed by atoms with Gasteiger partial charge < -0.3 is 10.2 Å². The maximum atomic E-state index is 5.34. The van der Waals surface area contributed by atoms with E-state index in [1.54, 1.807) is 0 Å². The normalized spacial score (nSPS) is 10.2. The third-order valence-corrected chi connectivity index (χ3v) is 2.54. The number of aromatic nitrogens is 1. The first-order chi connectivity index (χ1) is 7.63. The molecule has 0 amide bonds. The molecule has 0 aliphatic heterocycles. The fraction of sp³-hybridized carbons (Fsp3) is 0.500. The van der Waals surface area contributed by atoms with Gasteiger partial charge in [-0.1, -0.05) is 6.07 Å². The van der Waals surface area contributed by atoms with Gasteiger partial charge in [0.05, 0.1) is 12.2 Å². The van der Waals surface area contributed by atoms with E-state index in [2.05, 4.69) is 36.0 Å². The highest BCUT2D eigenvalue weighted by Crippen LogP contribution is 2.01. The Labute approximate surface area is 103 Å². The molecule has 0 aliphatic carbocycles. The lowest BCUT2D eigenvalue weighted by Crippen LogP contribution is -2.42. The zero-order chi connectivity index (χ0) is 12.0. The van der Waals surface area contributed by atoms with E-state index in [-0.39, 0.29) is 0 Å². The van der Waals surface area contributed by atoms with Crippen molar-refractivity contribution >= 4 is 17.3 Å². The Morgan fingerprint density at radius 1 is 1.50 bits per heavy atom. The SMILES string of the molecule is CCN(Cc1ccccn1)C(=S)NC(C)C. The topological polar surface area (TPSA) is 28.2 Å². The first-order valence-corrected chi connectivity index (χ1v) is 5.99. The van der Waals surface area contributed by atoms with Gasteiger partial charge in [0.2, 0.25) is 0 Å². The lowest BCUT2D eigenvalue weighted by Gasteiger charge is -2.25. The molecule has 3 nitrogen and oxygen atoms in total.